The molecule has 4 aromatic carbocycles. The maximum atomic E-state index is 13.5. The van der Waals surface area contributed by atoms with E-state index < -0.39 is 12.6 Å². The number of carbonyl (C=O) groups is 4. The minimum absolute atomic E-state index is 0.134. The van der Waals surface area contributed by atoms with Crippen molar-refractivity contribution in [3.8, 4) is 22.4 Å². The molecular weight excluding hydrogens is 748 g/mol. The number of alkyl halides is 2. The number of benzene rings is 4. The highest BCUT2D eigenvalue weighted by molar-refractivity contribution is 9.12. The number of ketones is 1. The molecule has 2 aliphatic carbocycles. The summed E-state index contributed by atoms with van der Waals surface area (Å²) in [6, 6.07) is 31.5. The van der Waals surface area contributed by atoms with E-state index in [-0.39, 0.29) is 50.9 Å². The van der Waals surface area contributed by atoms with Crippen molar-refractivity contribution < 1.29 is 23.9 Å². The van der Waals surface area contributed by atoms with Gasteiger partial charge in [-0.2, -0.15) is 0 Å². The first-order chi connectivity index (χ1) is 23.7. The Balaban J connectivity index is 1.02. The van der Waals surface area contributed by atoms with Crippen molar-refractivity contribution in [2.45, 2.75) is 23.0 Å². The number of anilines is 1. The monoisotopic (exact) mass is 776 g/mol. The van der Waals surface area contributed by atoms with Crippen LogP contribution in [0.1, 0.15) is 32.7 Å². The van der Waals surface area contributed by atoms with Crippen LogP contribution in [0, 0.1) is 30.6 Å². The molecule has 1 aliphatic heterocycles. The van der Waals surface area contributed by atoms with Crippen molar-refractivity contribution in [2.75, 3.05) is 11.5 Å². The smallest absolute Gasteiger partial charge is 0.339 e. The van der Waals surface area contributed by atoms with E-state index >= 15 is 0 Å². The molecule has 2 saturated carbocycles. The lowest BCUT2D eigenvalue weighted by atomic mass is 9.81. The molecule has 3 aliphatic rings. The normalized spacial score (nSPS) is 24.0. The van der Waals surface area contributed by atoms with Crippen LogP contribution in [0.25, 0.3) is 33.3 Å². The molecule has 2 amide bonds. The van der Waals surface area contributed by atoms with Crippen molar-refractivity contribution in [2.24, 2.45) is 23.7 Å². The number of amides is 2. The summed E-state index contributed by atoms with van der Waals surface area (Å²) < 4.78 is 5.58. The maximum Gasteiger partial charge on any atom is 0.339 e. The van der Waals surface area contributed by atoms with E-state index in [1.807, 2.05) is 67.6 Å². The Morgan fingerprint density at radius 3 is 2.04 bits per heavy atom. The van der Waals surface area contributed by atoms with E-state index in [1.165, 1.54) is 4.90 Å². The fourth-order valence-corrected chi connectivity index (χ4v) is 9.69. The minimum Gasteiger partial charge on any atom is -0.454 e. The summed E-state index contributed by atoms with van der Waals surface area (Å²) in [7, 11) is 0. The second kappa shape index (κ2) is 12.4. The molecule has 6 unspecified atom stereocenters. The molecule has 2 bridgehead atoms. The number of imide groups is 1. The van der Waals surface area contributed by atoms with Gasteiger partial charge in [0.15, 0.2) is 12.4 Å². The summed E-state index contributed by atoms with van der Waals surface area (Å²) in [6.07, 6.45) is 0.874. The Hall–Kier alpha value is -4.47. The van der Waals surface area contributed by atoms with Crippen LogP contribution in [0.5, 0.6) is 0 Å². The highest BCUT2D eigenvalue weighted by Gasteiger charge is 2.66. The first kappa shape index (κ1) is 31.8. The predicted molar refractivity (Wildman–Crippen MR) is 195 cm³/mol. The number of pyridine rings is 1. The summed E-state index contributed by atoms with van der Waals surface area (Å²) in [5, 5.41) is 0.620. The molecule has 0 spiro atoms. The highest BCUT2D eigenvalue weighted by Crippen LogP contribution is 2.60. The Kier molecular flexibility index (Phi) is 8.07. The van der Waals surface area contributed by atoms with E-state index in [9.17, 15) is 19.2 Å². The van der Waals surface area contributed by atoms with Crippen molar-refractivity contribution in [3.05, 3.63) is 120 Å². The number of Topliss-reactive ketones (excluding diaryl/α,β-unsaturated/α-hetero) is 1. The molecular formula is C40H30Br2N2O5. The summed E-state index contributed by atoms with van der Waals surface area (Å²) in [4.78, 5) is 60.1. The Morgan fingerprint density at radius 1 is 0.776 bits per heavy atom. The number of hydrogen-bond donors (Lipinski definition) is 0. The zero-order chi connectivity index (χ0) is 34.0. The number of carbonyl (C=O) groups excluding carboxylic acids is 4. The SMILES string of the molecule is Cc1ccc2nc(-c3ccc(N4C(=O)C5C6CC(C(Br)C6Br)C5C4=O)cc3)cc(C(=O)OCC(=O)c3ccc(-c4ccccc4)cc3)c2c1. The first-order valence-electron chi connectivity index (χ1n) is 16.2. The Labute approximate surface area is 299 Å². The van der Waals surface area contributed by atoms with Crippen LogP contribution in [0.2, 0.25) is 0 Å². The van der Waals surface area contributed by atoms with Gasteiger partial charge in [0.05, 0.1) is 34.3 Å². The zero-order valence-corrected chi connectivity index (χ0v) is 29.6. The number of fused-ring (bicyclic) bond motifs is 6. The molecule has 7 nitrogen and oxygen atoms in total. The van der Waals surface area contributed by atoms with E-state index in [2.05, 4.69) is 31.9 Å². The van der Waals surface area contributed by atoms with Crippen molar-refractivity contribution in [3.63, 3.8) is 0 Å². The Bertz CT molecular complexity index is 2120. The molecule has 5 aromatic rings. The number of aryl methyl sites for hydroxylation is 1. The van der Waals surface area contributed by atoms with Gasteiger partial charge in [0.1, 0.15) is 0 Å². The van der Waals surface area contributed by atoms with E-state index in [4.69, 9.17) is 9.72 Å². The molecule has 8 rings (SSSR count). The lowest BCUT2D eigenvalue weighted by Crippen LogP contribution is -2.37. The minimum atomic E-state index is -0.630. The number of ether oxygens (including phenoxy) is 1. The van der Waals surface area contributed by atoms with Crippen LogP contribution in [-0.2, 0) is 14.3 Å². The molecule has 49 heavy (non-hydrogen) atoms. The van der Waals surface area contributed by atoms with Crippen LogP contribution >= 0.6 is 31.9 Å². The molecule has 6 atom stereocenters. The molecule has 0 N–H and O–H groups in total. The average Bonchev–Trinajstić information content (AvgIpc) is 3.75. The fraction of sp³-hybridized carbons (Fsp3) is 0.225. The van der Waals surface area contributed by atoms with Crippen LogP contribution in [0.15, 0.2) is 103 Å². The zero-order valence-electron chi connectivity index (χ0n) is 26.4. The maximum absolute atomic E-state index is 13.5. The number of esters is 1. The van der Waals surface area contributed by atoms with Gasteiger partial charge in [-0.25, -0.2) is 9.78 Å². The summed E-state index contributed by atoms with van der Waals surface area (Å²) >= 11 is 7.49. The van der Waals surface area contributed by atoms with Gasteiger partial charge in [-0.1, -0.05) is 110 Å². The van der Waals surface area contributed by atoms with Gasteiger partial charge in [-0.15, -0.1) is 0 Å². The van der Waals surface area contributed by atoms with E-state index in [0.29, 0.717) is 39.0 Å². The van der Waals surface area contributed by atoms with Gasteiger partial charge in [0.2, 0.25) is 11.8 Å². The molecule has 1 aromatic heterocycles. The summed E-state index contributed by atoms with van der Waals surface area (Å²) in [5.41, 5.74) is 6.08. The summed E-state index contributed by atoms with van der Waals surface area (Å²) in [6.45, 7) is 1.52. The fourth-order valence-electron chi connectivity index (χ4n) is 7.81. The van der Waals surface area contributed by atoms with Gasteiger partial charge in [-0.05, 0) is 66.6 Å². The topological polar surface area (TPSA) is 93.6 Å². The molecule has 1 saturated heterocycles. The standard InChI is InChI=1S/C40H30Br2N2O5/c1-21-7-16-31-27(17-21)28(40(48)49-20-33(45)25-10-8-23(9-11-25)22-5-3-2-4-6-22)19-32(43-31)24-12-14-26(15-13-24)44-38(46)34-29-18-30(35(34)39(44)47)37(42)36(29)41/h2-17,19,29-30,34-37H,18,20H2,1H3. The molecule has 244 valence electrons. The van der Waals surface area contributed by atoms with Crippen LogP contribution < -0.4 is 4.90 Å². The van der Waals surface area contributed by atoms with Gasteiger partial charge in [-0.3, -0.25) is 19.3 Å². The quantitative estimate of drug-likeness (QED) is 0.0717. The molecule has 3 fully saturated rings. The Morgan fingerprint density at radius 2 is 1.39 bits per heavy atom. The molecule has 0 radical (unpaired) electrons. The van der Waals surface area contributed by atoms with Crippen LogP contribution in [-0.4, -0.2) is 44.8 Å². The van der Waals surface area contributed by atoms with Gasteiger partial charge >= 0.3 is 5.97 Å². The third-order valence-corrected chi connectivity index (χ3v) is 13.4. The second-order valence-corrected chi connectivity index (χ2v) is 15.2. The highest BCUT2D eigenvalue weighted by atomic mass is 79.9. The molecule has 2 heterocycles. The van der Waals surface area contributed by atoms with Gasteiger partial charge in [0, 0.05) is 26.2 Å². The second-order valence-electron chi connectivity index (χ2n) is 13.1. The number of rotatable bonds is 7. The van der Waals surface area contributed by atoms with Crippen molar-refractivity contribution in [1.29, 1.82) is 0 Å². The average molecular weight is 778 g/mol. The van der Waals surface area contributed by atoms with Crippen molar-refractivity contribution >= 4 is 72.0 Å². The van der Waals surface area contributed by atoms with Gasteiger partial charge in [0.25, 0.3) is 0 Å². The number of nitrogens with zero attached hydrogens (tertiary/aromatic N) is 2. The largest absolute Gasteiger partial charge is 0.454 e. The predicted octanol–water partition coefficient (Wildman–Crippen LogP) is 8.20. The number of hydrogen-bond acceptors (Lipinski definition) is 6. The third kappa shape index (κ3) is 5.44. The van der Waals surface area contributed by atoms with E-state index in [0.717, 1.165) is 23.1 Å². The third-order valence-electron chi connectivity index (χ3n) is 10.2. The first-order valence-corrected chi connectivity index (χ1v) is 18.1. The number of halogens is 2. The lowest BCUT2D eigenvalue weighted by Gasteiger charge is -2.28. The van der Waals surface area contributed by atoms with Crippen LogP contribution in [0.4, 0.5) is 5.69 Å². The van der Waals surface area contributed by atoms with Crippen molar-refractivity contribution in [1.82, 2.24) is 4.98 Å². The van der Waals surface area contributed by atoms with E-state index in [1.54, 1.807) is 42.5 Å². The van der Waals surface area contributed by atoms with Crippen LogP contribution in [0.3, 0.4) is 0 Å². The lowest BCUT2D eigenvalue weighted by molar-refractivity contribution is -0.123. The number of aromatic nitrogens is 1. The summed E-state index contributed by atoms with van der Waals surface area (Å²) in [5.74, 6) is -1.52. The molecule has 9 heteroatoms. The van der Waals surface area contributed by atoms with Gasteiger partial charge < -0.3 is 4.74 Å².